The van der Waals surface area contributed by atoms with Gasteiger partial charge in [0.15, 0.2) is 5.82 Å². The Balaban J connectivity index is 2.03. The van der Waals surface area contributed by atoms with Gasteiger partial charge in [0, 0.05) is 56.4 Å². The molecule has 2 aromatic rings. The van der Waals surface area contributed by atoms with E-state index in [1.807, 2.05) is 37.3 Å². The molecule has 0 radical (unpaired) electrons. The first-order chi connectivity index (χ1) is 15.9. The molecule has 4 N–H and O–H groups in total. The summed E-state index contributed by atoms with van der Waals surface area (Å²) in [7, 11) is 0. The second-order valence-corrected chi connectivity index (χ2v) is 6.95. The lowest BCUT2D eigenvalue weighted by atomic mass is 10.2. The highest BCUT2D eigenvalue weighted by Crippen LogP contribution is 2.24. The Kier molecular flexibility index (Phi) is 10.3. The molecule has 0 aliphatic heterocycles. The third-order valence-corrected chi connectivity index (χ3v) is 4.34. The van der Waals surface area contributed by atoms with Crippen molar-refractivity contribution in [1.29, 1.82) is 0 Å². The molecule has 33 heavy (non-hydrogen) atoms. The van der Waals surface area contributed by atoms with Gasteiger partial charge >= 0.3 is 5.97 Å². The number of carbonyl (C=O) groups is 3. The van der Waals surface area contributed by atoms with Crippen LogP contribution in [0.4, 0.5) is 11.6 Å². The minimum absolute atomic E-state index is 0.0947. The van der Waals surface area contributed by atoms with E-state index in [9.17, 15) is 14.4 Å². The molecule has 0 saturated carbocycles. The van der Waals surface area contributed by atoms with Gasteiger partial charge in [-0.15, -0.1) is 0 Å². The van der Waals surface area contributed by atoms with Crippen LogP contribution in [0.2, 0.25) is 0 Å². The molecule has 0 saturated heterocycles. The molecule has 10 heteroatoms. The highest BCUT2D eigenvalue weighted by molar-refractivity contribution is 5.94. The van der Waals surface area contributed by atoms with E-state index in [0.717, 1.165) is 23.3 Å². The fourth-order valence-electron chi connectivity index (χ4n) is 2.76. The minimum atomic E-state index is -0.561. The summed E-state index contributed by atoms with van der Waals surface area (Å²) in [5, 5.41) is 11.9. The summed E-state index contributed by atoms with van der Waals surface area (Å²) in [6.07, 6.45) is 2.23. The smallest absolute Gasteiger partial charge is 0.330 e. The first-order valence-corrected chi connectivity index (χ1v) is 10.7. The van der Waals surface area contributed by atoms with Gasteiger partial charge < -0.3 is 26.0 Å². The number of aromatic nitrogens is 2. The van der Waals surface area contributed by atoms with Crippen molar-refractivity contribution in [3.63, 3.8) is 0 Å². The number of carbonyl (C=O) groups excluding carboxylic acids is 3. The van der Waals surface area contributed by atoms with Gasteiger partial charge in [0.25, 0.3) is 0 Å². The van der Waals surface area contributed by atoms with E-state index in [4.69, 9.17) is 4.74 Å². The molecule has 1 aromatic heterocycles. The molecule has 1 heterocycles. The van der Waals surface area contributed by atoms with Gasteiger partial charge in [0.05, 0.1) is 6.61 Å². The van der Waals surface area contributed by atoms with E-state index in [1.54, 1.807) is 6.92 Å². The second-order valence-electron chi connectivity index (χ2n) is 6.95. The SMILES string of the molecule is CCOC(=O)C=CC(=O)NCCNc1nc(-c2ccccc2)nc(NCCNC(C)=O)c1C. The van der Waals surface area contributed by atoms with E-state index in [-0.39, 0.29) is 12.5 Å². The zero-order valence-electron chi connectivity index (χ0n) is 19.1. The van der Waals surface area contributed by atoms with E-state index in [2.05, 4.69) is 31.2 Å². The highest BCUT2D eigenvalue weighted by Gasteiger charge is 2.12. The zero-order valence-corrected chi connectivity index (χ0v) is 19.1. The quantitative estimate of drug-likeness (QED) is 0.216. The van der Waals surface area contributed by atoms with Crippen molar-refractivity contribution >= 4 is 29.4 Å². The summed E-state index contributed by atoms with van der Waals surface area (Å²) in [6, 6.07) is 9.59. The van der Waals surface area contributed by atoms with Crippen LogP contribution >= 0.6 is 0 Å². The molecule has 0 atom stereocenters. The molecule has 0 aliphatic carbocycles. The number of benzene rings is 1. The van der Waals surface area contributed by atoms with Gasteiger partial charge in [0.2, 0.25) is 11.8 Å². The molecule has 2 rings (SSSR count). The average molecular weight is 455 g/mol. The first kappa shape index (κ1) is 25.3. The summed E-state index contributed by atoms with van der Waals surface area (Å²) >= 11 is 0. The maximum Gasteiger partial charge on any atom is 0.330 e. The lowest BCUT2D eigenvalue weighted by Gasteiger charge is -2.15. The summed E-state index contributed by atoms with van der Waals surface area (Å²) in [5.74, 6) is 0.777. The van der Waals surface area contributed by atoms with E-state index in [1.165, 1.54) is 6.92 Å². The Bertz CT molecular complexity index is 978. The summed E-state index contributed by atoms with van der Waals surface area (Å²) in [4.78, 5) is 43.4. The molecule has 0 fully saturated rings. The van der Waals surface area contributed by atoms with Crippen LogP contribution in [0.5, 0.6) is 0 Å². The van der Waals surface area contributed by atoms with Crippen molar-refractivity contribution < 1.29 is 19.1 Å². The van der Waals surface area contributed by atoms with Gasteiger partial charge in [-0.2, -0.15) is 0 Å². The molecule has 0 spiro atoms. The predicted octanol–water partition coefficient (Wildman–Crippen LogP) is 1.65. The summed E-state index contributed by atoms with van der Waals surface area (Å²) in [5.41, 5.74) is 1.67. The van der Waals surface area contributed by atoms with Crippen LogP contribution in [-0.4, -0.2) is 60.5 Å². The van der Waals surface area contributed by atoms with Crippen molar-refractivity contribution in [1.82, 2.24) is 20.6 Å². The van der Waals surface area contributed by atoms with Crippen LogP contribution in [0.1, 0.15) is 19.4 Å². The maximum atomic E-state index is 11.8. The number of nitrogens with one attached hydrogen (secondary N) is 4. The van der Waals surface area contributed by atoms with E-state index >= 15 is 0 Å². The van der Waals surface area contributed by atoms with Crippen LogP contribution < -0.4 is 21.3 Å². The summed E-state index contributed by atoms with van der Waals surface area (Å²) < 4.78 is 4.74. The summed E-state index contributed by atoms with van der Waals surface area (Å²) in [6.45, 7) is 7.01. The molecule has 176 valence electrons. The Labute approximate surface area is 193 Å². The number of rotatable bonds is 12. The molecular formula is C23H30N6O4. The Morgan fingerprint density at radius 1 is 0.909 bits per heavy atom. The van der Waals surface area contributed by atoms with Crippen molar-refractivity contribution in [3.8, 4) is 11.4 Å². The molecule has 0 aliphatic rings. The number of ether oxygens (including phenoxy) is 1. The average Bonchev–Trinajstić information content (AvgIpc) is 2.80. The number of esters is 1. The van der Waals surface area contributed by atoms with Crippen molar-refractivity contribution in [2.24, 2.45) is 0 Å². The van der Waals surface area contributed by atoms with Crippen LogP contribution in [-0.2, 0) is 19.1 Å². The fourth-order valence-corrected chi connectivity index (χ4v) is 2.76. The van der Waals surface area contributed by atoms with Crippen LogP contribution in [0.15, 0.2) is 42.5 Å². The number of amides is 2. The van der Waals surface area contributed by atoms with Crippen LogP contribution in [0.3, 0.4) is 0 Å². The van der Waals surface area contributed by atoms with Gasteiger partial charge in [-0.3, -0.25) is 9.59 Å². The lowest BCUT2D eigenvalue weighted by Crippen LogP contribution is -2.28. The second kappa shape index (κ2) is 13.5. The number of hydrogen-bond donors (Lipinski definition) is 4. The molecule has 2 amide bonds. The lowest BCUT2D eigenvalue weighted by molar-refractivity contribution is -0.137. The van der Waals surface area contributed by atoms with Gasteiger partial charge in [-0.25, -0.2) is 14.8 Å². The zero-order chi connectivity index (χ0) is 24.1. The predicted molar refractivity (Wildman–Crippen MR) is 127 cm³/mol. The first-order valence-electron chi connectivity index (χ1n) is 10.7. The van der Waals surface area contributed by atoms with Crippen molar-refractivity contribution in [3.05, 3.63) is 48.0 Å². The Morgan fingerprint density at radius 2 is 1.52 bits per heavy atom. The third kappa shape index (κ3) is 8.98. The number of nitrogens with zero attached hydrogens (tertiary/aromatic N) is 2. The van der Waals surface area contributed by atoms with Gasteiger partial charge in [-0.05, 0) is 13.8 Å². The molecule has 10 nitrogen and oxygen atoms in total. The Hall–Kier alpha value is -3.95. The molecule has 0 unspecified atom stereocenters. The van der Waals surface area contributed by atoms with Crippen molar-refractivity contribution in [2.45, 2.75) is 20.8 Å². The van der Waals surface area contributed by atoms with Crippen LogP contribution in [0.25, 0.3) is 11.4 Å². The standard InChI is InChI=1S/C23H30N6O4/c1-4-33-20(32)11-10-19(31)25-13-15-27-22-16(2)21(26-14-12-24-17(3)30)28-23(29-22)18-8-6-5-7-9-18/h5-11H,4,12-15H2,1-3H3,(H,24,30)(H,25,31)(H2,26,27,28,29). The minimum Gasteiger partial charge on any atom is -0.463 e. The van der Waals surface area contributed by atoms with Gasteiger partial charge in [0.1, 0.15) is 11.6 Å². The number of hydrogen-bond acceptors (Lipinski definition) is 8. The highest BCUT2D eigenvalue weighted by atomic mass is 16.5. The maximum absolute atomic E-state index is 11.8. The van der Waals surface area contributed by atoms with E-state index in [0.29, 0.717) is 43.6 Å². The largest absolute Gasteiger partial charge is 0.463 e. The monoisotopic (exact) mass is 454 g/mol. The topological polar surface area (TPSA) is 134 Å². The van der Waals surface area contributed by atoms with Crippen molar-refractivity contribution in [2.75, 3.05) is 43.4 Å². The molecule has 1 aromatic carbocycles. The van der Waals surface area contributed by atoms with Crippen LogP contribution in [0, 0.1) is 6.92 Å². The molecular weight excluding hydrogens is 424 g/mol. The normalized spacial score (nSPS) is 10.5. The van der Waals surface area contributed by atoms with E-state index < -0.39 is 11.9 Å². The third-order valence-electron chi connectivity index (χ3n) is 4.34. The fraction of sp³-hybridized carbons (Fsp3) is 0.348. The molecule has 0 bridgehead atoms. The number of anilines is 2. The Morgan fingerprint density at radius 3 is 2.09 bits per heavy atom. The van der Waals surface area contributed by atoms with Gasteiger partial charge in [-0.1, -0.05) is 30.3 Å².